The molecular formula is C16H22BrN3. The van der Waals surface area contributed by atoms with Crippen LogP contribution in [0.15, 0.2) is 22.7 Å². The Balaban J connectivity index is 2.32. The molecule has 0 aliphatic carbocycles. The zero-order valence-corrected chi connectivity index (χ0v) is 14.0. The smallest absolute Gasteiger partial charge is 0.0643 e. The van der Waals surface area contributed by atoms with Gasteiger partial charge in [-0.1, -0.05) is 6.07 Å². The van der Waals surface area contributed by atoms with Crippen LogP contribution in [0.25, 0.3) is 0 Å². The van der Waals surface area contributed by atoms with Crippen LogP contribution in [0.1, 0.15) is 25.3 Å². The molecule has 0 N–H and O–H groups in total. The zero-order valence-electron chi connectivity index (χ0n) is 12.4. The highest BCUT2D eigenvalue weighted by Gasteiger charge is 2.27. The van der Waals surface area contributed by atoms with Crippen molar-refractivity contribution in [1.29, 1.82) is 5.26 Å². The number of hydrogen-bond acceptors (Lipinski definition) is 3. The molecule has 0 spiro atoms. The van der Waals surface area contributed by atoms with E-state index in [1.54, 1.807) is 0 Å². The van der Waals surface area contributed by atoms with Crippen molar-refractivity contribution in [2.24, 2.45) is 0 Å². The van der Waals surface area contributed by atoms with Gasteiger partial charge in [0, 0.05) is 23.6 Å². The molecule has 1 heterocycles. The normalized spacial score (nSPS) is 24.2. The summed E-state index contributed by atoms with van der Waals surface area (Å²) in [5, 5.41) is 9.13. The first kappa shape index (κ1) is 15.3. The van der Waals surface area contributed by atoms with Crippen molar-refractivity contribution in [3.8, 4) is 6.07 Å². The van der Waals surface area contributed by atoms with E-state index in [1.807, 2.05) is 0 Å². The van der Waals surface area contributed by atoms with Crippen LogP contribution in [-0.4, -0.2) is 37.1 Å². The number of nitrogens with zero attached hydrogens (tertiary/aromatic N) is 3. The molecule has 1 aliphatic heterocycles. The molecule has 0 aromatic heterocycles. The molecule has 0 bridgehead atoms. The fourth-order valence-electron chi connectivity index (χ4n) is 2.78. The number of aryl methyl sites for hydroxylation is 1. The lowest BCUT2D eigenvalue weighted by Crippen LogP contribution is -2.41. The van der Waals surface area contributed by atoms with E-state index < -0.39 is 0 Å². The predicted octanol–water partition coefficient (Wildman–Crippen LogP) is 3.57. The lowest BCUT2D eigenvalue weighted by molar-refractivity contribution is 0.255. The summed E-state index contributed by atoms with van der Waals surface area (Å²) in [6.07, 6.45) is 1.69. The highest BCUT2D eigenvalue weighted by Crippen LogP contribution is 2.31. The summed E-state index contributed by atoms with van der Waals surface area (Å²) in [7, 11) is 2.16. The average Bonchev–Trinajstić information content (AvgIpc) is 2.52. The van der Waals surface area contributed by atoms with Gasteiger partial charge < -0.3 is 9.80 Å². The van der Waals surface area contributed by atoms with Crippen LogP contribution in [0.4, 0.5) is 5.69 Å². The molecule has 1 fully saturated rings. The summed E-state index contributed by atoms with van der Waals surface area (Å²) < 4.78 is 1.12. The predicted molar refractivity (Wildman–Crippen MR) is 87.0 cm³/mol. The number of rotatable bonds is 2. The van der Waals surface area contributed by atoms with Crippen molar-refractivity contribution in [1.82, 2.24) is 4.90 Å². The molecule has 2 rings (SSSR count). The second kappa shape index (κ2) is 6.60. The minimum atomic E-state index is 0.258. The molecular weight excluding hydrogens is 314 g/mol. The monoisotopic (exact) mass is 335 g/mol. The average molecular weight is 336 g/mol. The third-order valence-corrected chi connectivity index (χ3v) is 4.85. The van der Waals surface area contributed by atoms with Gasteiger partial charge in [0.1, 0.15) is 0 Å². The van der Waals surface area contributed by atoms with Crippen molar-refractivity contribution in [2.45, 2.75) is 38.8 Å². The van der Waals surface area contributed by atoms with Crippen molar-refractivity contribution in [3.63, 3.8) is 0 Å². The molecule has 4 heteroatoms. The van der Waals surface area contributed by atoms with E-state index in [0.29, 0.717) is 12.5 Å². The molecule has 1 aliphatic rings. The molecule has 0 saturated carbocycles. The fourth-order valence-corrected chi connectivity index (χ4v) is 3.50. The van der Waals surface area contributed by atoms with E-state index in [1.165, 1.54) is 11.3 Å². The van der Waals surface area contributed by atoms with Gasteiger partial charge in [-0.05, 0) is 60.9 Å². The standard InChI is InChI=1S/C16H22BrN3/c1-12-4-5-16(15(17)10-12)20-9-7-13(2)19(3)11-14(20)6-8-18/h4-5,10,13-14H,6-7,9,11H2,1-3H3. The van der Waals surface area contributed by atoms with Crippen LogP contribution >= 0.6 is 15.9 Å². The summed E-state index contributed by atoms with van der Waals surface area (Å²) in [4.78, 5) is 4.76. The van der Waals surface area contributed by atoms with Gasteiger partial charge in [0.15, 0.2) is 0 Å². The summed E-state index contributed by atoms with van der Waals surface area (Å²) >= 11 is 3.68. The van der Waals surface area contributed by atoms with E-state index in [2.05, 4.69) is 70.9 Å². The molecule has 3 nitrogen and oxygen atoms in total. The quantitative estimate of drug-likeness (QED) is 0.827. The molecule has 20 heavy (non-hydrogen) atoms. The maximum atomic E-state index is 9.13. The third kappa shape index (κ3) is 3.34. The molecule has 1 saturated heterocycles. The van der Waals surface area contributed by atoms with Crippen molar-refractivity contribution in [2.75, 3.05) is 25.0 Å². The van der Waals surface area contributed by atoms with Gasteiger partial charge in [0.25, 0.3) is 0 Å². The van der Waals surface area contributed by atoms with E-state index in [4.69, 9.17) is 5.26 Å². The summed E-state index contributed by atoms with van der Waals surface area (Å²) in [5.41, 5.74) is 2.45. The molecule has 2 unspecified atom stereocenters. The van der Waals surface area contributed by atoms with Crippen LogP contribution in [0.3, 0.4) is 0 Å². The SMILES string of the molecule is Cc1ccc(N2CCC(C)N(C)CC2CC#N)c(Br)c1. The Kier molecular flexibility index (Phi) is 5.06. The second-order valence-electron chi connectivity index (χ2n) is 5.74. The Morgan fingerprint density at radius 2 is 2.20 bits per heavy atom. The van der Waals surface area contributed by atoms with Crippen LogP contribution in [-0.2, 0) is 0 Å². The molecule has 2 atom stereocenters. The van der Waals surface area contributed by atoms with Crippen LogP contribution in [0.2, 0.25) is 0 Å². The lowest BCUT2D eigenvalue weighted by atomic mass is 10.1. The molecule has 1 aromatic rings. The lowest BCUT2D eigenvalue weighted by Gasteiger charge is -2.32. The minimum absolute atomic E-state index is 0.258. The molecule has 108 valence electrons. The van der Waals surface area contributed by atoms with Gasteiger partial charge in [0.05, 0.1) is 24.2 Å². The van der Waals surface area contributed by atoms with Gasteiger partial charge in [-0.15, -0.1) is 0 Å². The van der Waals surface area contributed by atoms with E-state index in [-0.39, 0.29) is 6.04 Å². The highest BCUT2D eigenvalue weighted by molar-refractivity contribution is 9.10. The van der Waals surface area contributed by atoms with Crippen molar-refractivity contribution < 1.29 is 0 Å². The van der Waals surface area contributed by atoms with Gasteiger partial charge in [-0.2, -0.15) is 5.26 Å². The molecule has 1 aromatic carbocycles. The molecule has 0 amide bonds. The first-order valence-electron chi connectivity index (χ1n) is 7.13. The maximum absolute atomic E-state index is 9.13. The van der Waals surface area contributed by atoms with Crippen LogP contribution in [0, 0.1) is 18.3 Å². The molecule has 0 radical (unpaired) electrons. The van der Waals surface area contributed by atoms with Crippen LogP contribution < -0.4 is 4.90 Å². The van der Waals surface area contributed by atoms with Crippen molar-refractivity contribution in [3.05, 3.63) is 28.2 Å². The van der Waals surface area contributed by atoms with E-state index in [9.17, 15) is 0 Å². The van der Waals surface area contributed by atoms with Crippen LogP contribution in [0.5, 0.6) is 0 Å². The topological polar surface area (TPSA) is 30.3 Å². The summed E-state index contributed by atoms with van der Waals surface area (Å²) in [6, 6.07) is 9.62. The Hall–Kier alpha value is -1.05. The van der Waals surface area contributed by atoms with Crippen molar-refractivity contribution >= 4 is 21.6 Å². The maximum Gasteiger partial charge on any atom is 0.0643 e. The first-order valence-corrected chi connectivity index (χ1v) is 7.92. The first-order chi connectivity index (χ1) is 9.52. The Morgan fingerprint density at radius 3 is 2.85 bits per heavy atom. The Morgan fingerprint density at radius 1 is 1.45 bits per heavy atom. The number of benzene rings is 1. The number of halogens is 1. The zero-order chi connectivity index (χ0) is 14.7. The van der Waals surface area contributed by atoms with Gasteiger partial charge >= 0.3 is 0 Å². The van der Waals surface area contributed by atoms with Gasteiger partial charge in [0.2, 0.25) is 0 Å². The van der Waals surface area contributed by atoms with Gasteiger partial charge in [-0.3, -0.25) is 0 Å². The largest absolute Gasteiger partial charge is 0.365 e. The minimum Gasteiger partial charge on any atom is -0.365 e. The summed E-state index contributed by atoms with van der Waals surface area (Å²) in [6.45, 7) is 6.30. The van der Waals surface area contributed by atoms with E-state index in [0.717, 1.165) is 24.0 Å². The van der Waals surface area contributed by atoms with E-state index >= 15 is 0 Å². The highest BCUT2D eigenvalue weighted by atomic mass is 79.9. The number of likely N-dealkylation sites (N-methyl/N-ethyl adjacent to an activating group) is 1. The summed E-state index contributed by atoms with van der Waals surface area (Å²) in [5.74, 6) is 0. The number of hydrogen-bond donors (Lipinski definition) is 0. The Bertz CT molecular complexity index is 509. The third-order valence-electron chi connectivity index (χ3n) is 4.22. The fraction of sp³-hybridized carbons (Fsp3) is 0.562. The number of anilines is 1. The Labute approximate surface area is 130 Å². The second-order valence-corrected chi connectivity index (χ2v) is 6.60. The van der Waals surface area contributed by atoms with Gasteiger partial charge in [-0.25, -0.2) is 0 Å². The number of nitriles is 1.